The number of anilines is 1. The number of hydrogen-bond donors (Lipinski definition) is 1. The second-order valence-corrected chi connectivity index (χ2v) is 7.82. The maximum Gasteiger partial charge on any atom is 0.347 e. The van der Waals surface area contributed by atoms with Gasteiger partial charge in [-0.05, 0) is 54.3 Å². The summed E-state index contributed by atoms with van der Waals surface area (Å²) in [5.41, 5.74) is 2.17. The molecular weight excluding hydrogens is 370 g/mol. The van der Waals surface area contributed by atoms with E-state index in [1.165, 1.54) is 6.92 Å². The maximum atomic E-state index is 12.2. The third-order valence-corrected chi connectivity index (χ3v) is 4.24. The third-order valence-electron chi connectivity index (χ3n) is 4.24. The highest BCUT2D eigenvalue weighted by Gasteiger charge is 2.19. The van der Waals surface area contributed by atoms with Crippen LogP contribution in [-0.2, 0) is 19.7 Å². The fourth-order valence-corrected chi connectivity index (χ4v) is 2.57. The first-order valence-electron chi connectivity index (χ1n) is 9.41. The highest BCUT2D eigenvalue weighted by molar-refractivity contribution is 5.98. The van der Waals surface area contributed by atoms with Crippen LogP contribution in [0.4, 0.5) is 5.69 Å². The Morgan fingerprint density at radius 2 is 1.55 bits per heavy atom. The van der Waals surface area contributed by atoms with Crippen LogP contribution in [0, 0.1) is 0 Å². The Labute approximate surface area is 171 Å². The molecule has 0 unspecified atom stereocenters. The monoisotopic (exact) mass is 397 g/mol. The minimum Gasteiger partial charge on any atom is -0.479 e. The topological polar surface area (TPSA) is 81.7 Å². The van der Waals surface area contributed by atoms with Gasteiger partial charge in [0.1, 0.15) is 5.75 Å². The molecule has 0 bridgehead atoms. The first-order valence-corrected chi connectivity index (χ1v) is 9.41. The number of rotatable bonds is 7. The predicted molar refractivity (Wildman–Crippen MR) is 111 cm³/mol. The smallest absolute Gasteiger partial charge is 0.347 e. The Hall–Kier alpha value is -3.15. The number of carbonyl (C=O) groups is 3. The lowest BCUT2D eigenvalue weighted by molar-refractivity contribution is -0.149. The standard InChI is InChI=1S/C23H27NO5/c1-15(29-20-12-8-18(9-13-20)23(3,4)5)22(27)28-14-21(26)17-6-10-19(11-7-17)24-16(2)25/h6-13,15H,14H2,1-5H3,(H,24,25)/t15-/m1/s1. The zero-order valence-corrected chi connectivity index (χ0v) is 17.4. The maximum absolute atomic E-state index is 12.2. The van der Waals surface area contributed by atoms with E-state index in [1.807, 2.05) is 24.3 Å². The van der Waals surface area contributed by atoms with Crippen molar-refractivity contribution < 1.29 is 23.9 Å². The fourth-order valence-electron chi connectivity index (χ4n) is 2.57. The molecule has 1 N–H and O–H groups in total. The Morgan fingerprint density at radius 3 is 2.07 bits per heavy atom. The summed E-state index contributed by atoms with van der Waals surface area (Å²) in [6.45, 7) is 8.95. The number of ether oxygens (including phenoxy) is 2. The molecule has 154 valence electrons. The molecule has 0 aromatic heterocycles. The third kappa shape index (κ3) is 6.75. The molecule has 0 saturated carbocycles. The van der Waals surface area contributed by atoms with Crippen LogP contribution in [0.1, 0.15) is 50.5 Å². The van der Waals surface area contributed by atoms with E-state index < -0.39 is 12.1 Å². The lowest BCUT2D eigenvalue weighted by Gasteiger charge is -2.20. The van der Waals surface area contributed by atoms with Gasteiger partial charge in [-0.25, -0.2) is 4.79 Å². The molecule has 6 nitrogen and oxygen atoms in total. The number of Topliss-reactive ketones (excluding diaryl/α,β-unsaturated/α-hetero) is 1. The molecule has 1 atom stereocenters. The molecule has 0 aliphatic carbocycles. The quantitative estimate of drug-likeness (QED) is 0.561. The van der Waals surface area contributed by atoms with Crippen molar-refractivity contribution in [3.05, 3.63) is 59.7 Å². The molecule has 0 fully saturated rings. The second-order valence-electron chi connectivity index (χ2n) is 7.82. The Balaban J connectivity index is 1.86. The van der Waals surface area contributed by atoms with E-state index in [9.17, 15) is 14.4 Å². The van der Waals surface area contributed by atoms with Crippen LogP contribution in [0.2, 0.25) is 0 Å². The highest BCUT2D eigenvalue weighted by atomic mass is 16.6. The van der Waals surface area contributed by atoms with Gasteiger partial charge < -0.3 is 14.8 Å². The van der Waals surface area contributed by atoms with Gasteiger partial charge in [0.05, 0.1) is 0 Å². The summed E-state index contributed by atoms with van der Waals surface area (Å²) in [6.07, 6.45) is -0.842. The number of ketones is 1. The van der Waals surface area contributed by atoms with Gasteiger partial charge in [0, 0.05) is 18.2 Å². The van der Waals surface area contributed by atoms with Crippen molar-refractivity contribution in [2.24, 2.45) is 0 Å². The van der Waals surface area contributed by atoms with Gasteiger partial charge in [-0.15, -0.1) is 0 Å². The first kappa shape index (κ1) is 22.1. The van der Waals surface area contributed by atoms with Crippen LogP contribution >= 0.6 is 0 Å². The van der Waals surface area contributed by atoms with Gasteiger partial charge in [-0.2, -0.15) is 0 Å². The number of hydrogen-bond acceptors (Lipinski definition) is 5. The minimum atomic E-state index is -0.842. The zero-order valence-electron chi connectivity index (χ0n) is 17.4. The summed E-state index contributed by atoms with van der Waals surface area (Å²) >= 11 is 0. The molecule has 1 amide bonds. The lowest BCUT2D eigenvalue weighted by Crippen LogP contribution is -2.28. The van der Waals surface area contributed by atoms with Gasteiger partial charge >= 0.3 is 5.97 Å². The lowest BCUT2D eigenvalue weighted by atomic mass is 9.87. The summed E-state index contributed by atoms with van der Waals surface area (Å²) in [5, 5.41) is 2.62. The van der Waals surface area contributed by atoms with Crippen LogP contribution in [0.15, 0.2) is 48.5 Å². The number of carbonyl (C=O) groups excluding carboxylic acids is 3. The van der Waals surface area contributed by atoms with Gasteiger partial charge in [-0.1, -0.05) is 32.9 Å². The van der Waals surface area contributed by atoms with Crippen molar-refractivity contribution >= 4 is 23.3 Å². The van der Waals surface area contributed by atoms with Gasteiger partial charge in [0.2, 0.25) is 5.91 Å². The fraction of sp³-hybridized carbons (Fsp3) is 0.348. The van der Waals surface area contributed by atoms with E-state index in [1.54, 1.807) is 31.2 Å². The molecule has 2 rings (SSSR count). The number of esters is 1. The molecular formula is C23H27NO5. The average Bonchev–Trinajstić information content (AvgIpc) is 2.65. The molecule has 0 saturated heterocycles. The van der Waals surface area contributed by atoms with Crippen LogP contribution in [0.3, 0.4) is 0 Å². The van der Waals surface area contributed by atoms with E-state index in [0.29, 0.717) is 17.0 Å². The largest absolute Gasteiger partial charge is 0.479 e. The van der Waals surface area contributed by atoms with Gasteiger partial charge in [0.25, 0.3) is 0 Å². The molecule has 0 radical (unpaired) electrons. The van der Waals surface area contributed by atoms with Crippen molar-refractivity contribution in [1.29, 1.82) is 0 Å². The van der Waals surface area contributed by atoms with Crippen molar-refractivity contribution in [2.45, 2.75) is 46.1 Å². The van der Waals surface area contributed by atoms with Gasteiger partial charge in [0.15, 0.2) is 18.5 Å². The average molecular weight is 397 g/mol. The van der Waals surface area contributed by atoms with E-state index >= 15 is 0 Å². The van der Waals surface area contributed by atoms with Crippen molar-refractivity contribution in [3.63, 3.8) is 0 Å². The molecule has 2 aromatic rings. The number of amides is 1. The van der Waals surface area contributed by atoms with Crippen LogP contribution in [0.25, 0.3) is 0 Å². The van der Waals surface area contributed by atoms with Gasteiger partial charge in [-0.3, -0.25) is 9.59 Å². The zero-order chi connectivity index (χ0) is 21.6. The summed E-state index contributed by atoms with van der Waals surface area (Å²) in [7, 11) is 0. The van der Waals surface area contributed by atoms with E-state index in [0.717, 1.165) is 5.56 Å². The second kappa shape index (κ2) is 9.37. The highest BCUT2D eigenvalue weighted by Crippen LogP contribution is 2.24. The Kier molecular flexibility index (Phi) is 7.15. The van der Waals surface area contributed by atoms with Crippen LogP contribution in [0.5, 0.6) is 5.75 Å². The summed E-state index contributed by atoms with van der Waals surface area (Å²) in [4.78, 5) is 35.3. The first-order chi connectivity index (χ1) is 13.6. The van der Waals surface area contributed by atoms with Crippen molar-refractivity contribution in [3.8, 4) is 5.75 Å². The van der Waals surface area contributed by atoms with Crippen LogP contribution in [-0.4, -0.2) is 30.4 Å². The van der Waals surface area contributed by atoms with Crippen LogP contribution < -0.4 is 10.1 Å². The molecule has 2 aromatic carbocycles. The molecule has 0 heterocycles. The predicted octanol–water partition coefficient (Wildman–Crippen LogP) is 4.14. The number of benzene rings is 2. The molecule has 29 heavy (non-hydrogen) atoms. The molecule has 0 spiro atoms. The Bertz CT molecular complexity index is 864. The molecule has 6 heteroatoms. The summed E-state index contributed by atoms with van der Waals surface area (Å²) < 4.78 is 10.7. The van der Waals surface area contributed by atoms with E-state index in [4.69, 9.17) is 9.47 Å². The Morgan fingerprint density at radius 1 is 0.966 bits per heavy atom. The summed E-state index contributed by atoms with van der Waals surface area (Å²) in [6, 6.07) is 13.9. The van der Waals surface area contributed by atoms with Crippen molar-refractivity contribution in [2.75, 3.05) is 11.9 Å². The van der Waals surface area contributed by atoms with E-state index in [2.05, 4.69) is 26.1 Å². The normalized spacial score (nSPS) is 12.0. The van der Waals surface area contributed by atoms with E-state index in [-0.39, 0.29) is 23.7 Å². The minimum absolute atomic E-state index is 0.0315. The number of nitrogens with one attached hydrogen (secondary N) is 1. The molecule has 0 aliphatic rings. The van der Waals surface area contributed by atoms with Crippen molar-refractivity contribution in [1.82, 2.24) is 0 Å². The molecule has 0 aliphatic heterocycles. The summed E-state index contributed by atoms with van der Waals surface area (Å²) in [5.74, 6) is -0.593. The SMILES string of the molecule is CC(=O)Nc1ccc(C(=O)COC(=O)[C@@H](C)Oc2ccc(C(C)(C)C)cc2)cc1.